The Morgan fingerprint density at radius 2 is 2.21 bits per heavy atom. The van der Waals surface area contributed by atoms with Crippen LogP contribution in [-0.4, -0.2) is 40.8 Å². The summed E-state index contributed by atoms with van der Waals surface area (Å²) in [5, 5.41) is 15.9. The molecule has 0 aliphatic heterocycles. The van der Waals surface area contributed by atoms with Gasteiger partial charge in [0.05, 0.1) is 26.3 Å². The van der Waals surface area contributed by atoms with Gasteiger partial charge < -0.3 is 14.8 Å². The highest BCUT2D eigenvalue weighted by Gasteiger charge is 2.14. The zero-order valence-corrected chi connectivity index (χ0v) is 10.5. The molecule has 2 N–H and O–H groups in total. The average Bonchev–Trinajstić information content (AvgIpc) is 2.97. The number of carbonyl (C=O) groups is 1. The topological polar surface area (TPSA) is 102 Å². The van der Waals surface area contributed by atoms with E-state index >= 15 is 0 Å². The molecule has 1 aromatic heterocycles. The molecular formula is C11H13N5O3. The van der Waals surface area contributed by atoms with E-state index in [2.05, 4.69) is 25.9 Å². The van der Waals surface area contributed by atoms with Crippen LogP contribution in [0.1, 0.15) is 16.2 Å². The molecule has 1 aromatic carbocycles. The van der Waals surface area contributed by atoms with Gasteiger partial charge in [-0.1, -0.05) is 5.21 Å². The summed E-state index contributed by atoms with van der Waals surface area (Å²) in [7, 11) is 3.03. The normalized spacial score (nSPS) is 10.0. The lowest BCUT2D eigenvalue weighted by atomic mass is 10.1. The highest BCUT2D eigenvalue weighted by atomic mass is 16.5. The maximum Gasteiger partial charge on any atom is 0.255 e. The molecule has 0 radical (unpaired) electrons. The molecule has 2 aromatic rings. The molecule has 0 bridgehead atoms. The number of benzene rings is 1. The van der Waals surface area contributed by atoms with Crippen molar-refractivity contribution in [2.45, 2.75) is 6.54 Å². The Balaban J connectivity index is 2.12. The number of hydrogen-bond donors (Lipinski definition) is 2. The van der Waals surface area contributed by atoms with Crippen LogP contribution in [-0.2, 0) is 6.54 Å². The van der Waals surface area contributed by atoms with Gasteiger partial charge in [-0.05, 0) is 18.2 Å². The van der Waals surface area contributed by atoms with Gasteiger partial charge in [0.1, 0.15) is 11.5 Å². The fourth-order valence-corrected chi connectivity index (χ4v) is 1.50. The Morgan fingerprint density at radius 1 is 1.37 bits per heavy atom. The Kier molecular flexibility index (Phi) is 3.91. The molecule has 0 saturated carbocycles. The molecule has 8 heteroatoms. The number of carbonyl (C=O) groups excluding carboxylic acids is 1. The number of amides is 1. The third kappa shape index (κ3) is 2.97. The van der Waals surface area contributed by atoms with E-state index in [4.69, 9.17) is 9.47 Å². The summed E-state index contributed by atoms with van der Waals surface area (Å²) in [4.78, 5) is 12.1. The van der Waals surface area contributed by atoms with E-state index in [1.165, 1.54) is 14.2 Å². The number of aromatic nitrogens is 4. The number of rotatable bonds is 5. The summed E-state index contributed by atoms with van der Waals surface area (Å²) in [5.74, 6) is 1.13. The van der Waals surface area contributed by atoms with Crippen LogP contribution in [0.5, 0.6) is 11.5 Å². The van der Waals surface area contributed by atoms with Gasteiger partial charge in [-0.25, -0.2) is 0 Å². The van der Waals surface area contributed by atoms with Gasteiger partial charge in [0.15, 0.2) is 5.82 Å². The largest absolute Gasteiger partial charge is 0.497 e. The van der Waals surface area contributed by atoms with Crippen molar-refractivity contribution in [1.29, 1.82) is 0 Å². The number of tetrazole rings is 1. The van der Waals surface area contributed by atoms with E-state index in [0.29, 0.717) is 22.9 Å². The summed E-state index contributed by atoms with van der Waals surface area (Å²) in [6, 6.07) is 4.99. The third-order valence-electron chi connectivity index (χ3n) is 2.45. The van der Waals surface area contributed by atoms with Crippen LogP contribution >= 0.6 is 0 Å². The molecule has 2 rings (SSSR count). The second-order valence-corrected chi connectivity index (χ2v) is 3.58. The smallest absolute Gasteiger partial charge is 0.255 e. The first-order chi connectivity index (χ1) is 9.24. The Hall–Kier alpha value is -2.64. The Labute approximate surface area is 109 Å². The van der Waals surface area contributed by atoms with Crippen LogP contribution in [0.25, 0.3) is 0 Å². The standard InChI is InChI=1S/C11H13N5O3/c1-18-7-3-4-9(19-2)8(5-7)11(17)12-6-10-13-15-16-14-10/h3-5H,6H2,1-2H3,(H,12,17)(H,13,14,15,16). The number of methoxy groups -OCH3 is 2. The van der Waals surface area contributed by atoms with Crippen molar-refractivity contribution in [3.8, 4) is 11.5 Å². The maximum absolute atomic E-state index is 12.1. The molecule has 0 atom stereocenters. The summed E-state index contributed by atoms with van der Waals surface area (Å²) >= 11 is 0. The number of aromatic amines is 1. The lowest BCUT2D eigenvalue weighted by Gasteiger charge is -2.10. The second-order valence-electron chi connectivity index (χ2n) is 3.58. The van der Waals surface area contributed by atoms with Crippen molar-refractivity contribution in [2.75, 3.05) is 14.2 Å². The average molecular weight is 263 g/mol. The monoisotopic (exact) mass is 263 g/mol. The lowest BCUT2D eigenvalue weighted by molar-refractivity contribution is 0.0946. The molecule has 0 spiro atoms. The number of hydrogen-bond acceptors (Lipinski definition) is 6. The molecule has 100 valence electrons. The minimum atomic E-state index is -0.305. The van der Waals surface area contributed by atoms with Crippen molar-refractivity contribution in [1.82, 2.24) is 25.9 Å². The first-order valence-corrected chi connectivity index (χ1v) is 5.47. The minimum Gasteiger partial charge on any atom is -0.497 e. The van der Waals surface area contributed by atoms with Crippen molar-refractivity contribution >= 4 is 5.91 Å². The van der Waals surface area contributed by atoms with Crippen LogP contribution < -0.4 is 14.8 Å². The van der Waals surface area contributed by atoms with Crippen molar-refractivity contribution < 1.29 is 14.3 Å². The zero-order chi connectivity index (χ0) is 13.7. The first-order valence-electron chi connectivity index (χ1n) is 5.47. The molecule has 0 fully saturated rings. The van der Waals surface area contributed by atoms with Gasteiger partial charge in [-0.15, -0.1) is 10.2 Å². The summed E-state index contributed by atoms with van der Waals surface area (Å²) in [5.41, 5.74) is 0.380. The number of nitrogens with zero attached hydrogens (tertiary/aromatic N) is 3. The van der Waals surface area contributed by atoms with Crippen LogP contribution in [0.15, 0.2) is 18.2 Å². The van der Waals surface area contributed by atoms with Crippen molar-refractivity contribution in [3.63, 3.8) is 0 Å². The number of nitrogens with one attached hydrogen (secondary N) is 2. The molecule has 0 saturated heterocycles. The molecular weight excluding hydrogens is 250 g/mol. The van der Waals surface area contributed by atoms with Gasteiger partial charge in [0, 0.05) is 0 Å². The minimum absolute atomic E-state index is 0.176. The first kappa shape index (κ1) is 12.8. The summed E-state index contributed by atoms with van der Waals surface area (Å²) < 4.78 is 10.2. The Morgan fingerprint density at radius 3 is 2.84 bits per heavy atom. The third-order valence-corrected chi connectivity index (χ3v) is 2.45. The molecule has 0 unspecified atom stereocenters. The predicted octanol–water partition coefficient (Wildman–Crippen LogP) is 0.147. The molecule has 1 amide bonds. The maximum atomic E-state index is 12.1. The van der Waals surface area contributed by atoms with Gasteiger partial charge in [-0.2, -0.15) is 5.21 Å². The van der Waals surface area contributed by atoms with Crippen LogP contribution in [0, 0.1) is 0 Å². The fraction of sp³-hybridized carbons (Fsp3) is 0.273. The SMILES string of the molecule is COc1ccc(OC)c(C(=O)NCc2nn[nH]n2)c1. The van der Waals surface area contributed by atoms with E-state index in [9.17, 15) is 4.79 Å². The lowest BCUT2D eigenvalue weighted by Crippen LogP contribution is -2.24. The Bertz CT molecular complexity index is 555. The molecule has 19 heavy (non-hydrogen) atoms. The van der Waals surface area contributed by atoms with Gasteiger partial charge in [-0.3, -0.25) is 4.79 Å². The van der Waals surface area contributed by atoms with Crippen LogP contribution in [0.2, 0.25) is 0 Å². The quantitative estimate of drug-likeness (QED) is 0.796. The van der Waals surface area contributed by atoms with E-state index in [1.54, 1.807) is 18.2 Å². The summed E-state index contributed by atoms with van der Waals surface area (Å²) in [6.45, 7) is 0.176. The number of ether oxygens (including phenoxy) is 2. The molecule has 1 heterocycles. The molecule has 0 aliphatic rings. The van der Waals surface area contributed by atoms with E-state index in [1.807, 2.05) is 0 Å². The second kappa shape index (κ2) is 5.80. The van der Waals surface area contributed by atoms with E-state index in [0.717, 1.165) is 0 Å². The van der Waals surface area contributed by atoms with Crippen LogP contribution in [0.4, 0.5) is 0 Å². The fourth-order valence-electron chi connectivity index (χ4n) is 1.50. The molecule has 8 nitrogen and oxygen atoms in total. The van der Waals surface area contributed by atoms with Crippen LogP contribution in [0.3, 0.4) is 0 Å². The van der Waals surface area contributed by atoms with Crippen molar-refractivity contribution in [3.05, 3.63) is 29.6 Å². The van der Waals surface area contributed by atoms with Gasteiger partial charge in [0.2, 0.25) is 0 Å². The number of H-pyrrole nitrogens is 1. The van der Waals surface area contributed by atoms with Gasteiger partial charge >= 0.3 is 0 Å². The predicted molar refractivity (Wildman–Crippen MR) is 64.9 cm³/mol. The highest BCUT2D eigenvalue weighted by molar-refractivity contribution is 5.97. The summed E-state index contributed by atoms with van der Waals surface area (Å²) in [6.07, 6.45) is 0. The van der Waals surface area contributed by atoms with E-state index < -0.39 is 0 Å². The highest BCUT2D eigenvalue weighted by Crippen LogP contribution is 2.23. The zero-order valence-electron chi connectivity index (χ0n) is 10.5. The molecule has 0 aliphatic carbocycles. The van der Waals surface area contributed by atoms with Crippen molar-refractivity contribution in [2.24, 2.45) is 0 Å². The van der Waals surface area contributed by atoms with E-state index in [-0.39, 0.29) is 12.5 Å². The van der Waals surface area contributed by atoms with Gasteiger partial charge in [0.25, 0.3) is 5.91 Å².